The second-order valence-corrected chi connectivity index (χ2v) is 11.6. The summed E-state index contributed by atoms with van der Waals surface area (Å²) in [6, 6.07) is 1.45. The minimum absolute atomic E-state index is 0.0176. The summed E-state index contributed by atoms with van der Waals surface area (Å²) in [6.07, 6.45) is 8.81. The van der Waals surface area contributed by atoms with Crippen LogP contribution in [0.1, 0.15) is 46.6 Å². The van der Waals surface area contributed by atoms with Gasteiger partial charge in [0, 0.05) is 42.7 Å². The third-order valence-electron chi connectivity index (χ3n) is 7.76. The lowest BCUT2D eigenvalue weighted by Crippen LogP contribution is -2.43. The van der Waals surface area contributed by atoms with Crippen molar-refractivity contribution in [1.29, 1.82) is 0 Å². The molecule has 2 fully saturated rings. The van der Waals surface area contributed by atoms with Gasteiger partial charge >= 0.3 is 0 Å². The highest BCUT2D eigenvalue weighted by Gasteiger charge is 2.27. The van der Waals surface area contributed by atoms with Crippen LogP contribution in [0.4, 0.5) is 11.8 Å². The van der Waals surface area contributed by atoms with Gasteiger partial charge in [-0.25, -0.2) is 15.0 Å². The molecule has 6 heterocycles. The molecule has 2 aliphatic rings. The van der Waals surface area contributed by atoms with Gasteiger partial charge in [0.25, 0.3) is 5.91 Å². The summed E-state index contributed by atoms with van der Waals surface area (Å²) < 4.78 is 18.7. The molecule has 5 N–H and O–H groups in total. The van der Waals surface area contributed by atoms with Gasteiger partial charge in [0.15, 0.2) is 17.1 Å². The first-order valence-corrected chi connectivity index (χ1v) is 14.7. The second-order valence-electron chi connectivity index (χ2n) is 10.5. The van der Waals surface area contributed by atoms with Crippen molar-refractivity contribution in [2.75, 3.05) is 36.5 Å². The molecule has 0 spiro atoms. The molecule has 1 aliphatic heterocycles. The number of ether oxygens (including phenoxy) is 1. The molecule has 15 heteroatoms. The van der Waals surface area contributed by atoms with Gasteiger partial charge in [-0.1, -0.05) is 12.8 Å². The Hall–Kier alpha value is -4.34. The molecule has 1 amide bonds. The number of hydrogen-bond donors (Lipinski definition) is 3. The summed E-state index contributed by atoms with van der Waals surface area (Å²) in [5.41, 5.74) is 13.9. The van der Waals surface area contributed by atoms with Crippen molar-refractivity contribution in [3.05, 3.63) is 51.2 Å². The Bertz CT molecular complexity index is 1840. The van der Waals surface area contributed by atoms with Crippen LogP contribution in [0, 0.1) is 0 Å². The van der Waals surface area contributed by atoms with E-state index in [9.17, 15) is 9.59 Å². The van der Waals surface area contributed by atoms with Crippen LogP contribution in [0.25, 0.3) is 27.4 Å². The SMILES string of the molecule is NC(=O)c1c(Cc2cnc(-c3coc4c(=O)cc(N5CCOCC5)oc34)s2)nc(N[C@H]2CCCC[C@H]2N)n2ncnc12. The van der Waals surface area contributed by atoms with Crippen molar-refractivity contribution < 1.29 is 18.4 Å². The Morgan fingerprint density at radius 1 is 1.17 bits per heavy atom. The van der Waals surface area contributed by atoms with Gasteiger partial charge in [-0.3, -0.25) is 9.59 Å². The average molecular weight is 592 g/mol. The summed E-state index contributed by atoms with van der Waals surface area (Å²) in [5.74, 6) is 0.261. The number of carbonyl (C=O) groups excluding carboxylic acids is 1. The van der Waals surface area contributed by atoms with Crippen LogP contribution in [0.15, 0.2) is 38.5 Å². The fraction of sp³-hybridized carbons (Fsp3) is 0.407. The number of nitrogens with two attached hydrogens (primary N) is 2. The van der Waals surface area contributed by atoms with Crippen LogP contribution >= 0.6 is 11.3 Å². The van der Waals surface area contributed by atoms with Crippen LogP contribution in [-0.4, -0.2) is 68.9 Å². The van der Waals surface area contributed by atoms with Crippen molar-refractivity contribution in [1.82, 2.24) is 24.6 Å². The highest BCUT2D eigenvalue weighted by Crippen LogP contribution is 2.35. The molecule has 7 rings (SSSR count). The largest absolute Gasteiger partial charge is 0.456 e. The van der Waals surface area contributed by atoms with Crippen LogP contribution in [0.5, 0.6) is 0 Å². The van der Waals surface area contributed by atoms with Gasteiger partial charge < -0.3 is 35.3 Å². The average Bonchev–Trinajstić information content (AvgIpc) is 3.75. The van der Waals surface area contributed by atoms with Gasteiger partial charge in [0.2, 0.25) is 17.0 Å². The van der Waals surface area contributed by atoms with E-state index in [4.69, 9.17) is 30.0 Å². The third kappa shape index (κ3) is 4.78. The van der Waals surface area contributed by atoms with Crippen molar-refractivity contribution in [2.45, 2.75) is 44.2 Å². The third-order valence-corrected chi connectivity index (χ3v) is 8.79. The Balaban J connectivity index is 1.23. The standard InChI is InChI=1S/C27H29N9O5S/c28-16-3-1-2-4-17(16)33-27-34-18(21(24(29)38)25-31-13-32-36(25)27)9-14-11-30-26(42-14)15-12-40-23-19(37)10-20(41-22(15)23)35-5-7-39-8-6-35/h10-13,16-17H,1-9,28H2,(H2,29,38)(H,33,34)/t16-,17+/m1/s1. The molecule has 1 aliphatic carbocycles. The number of aromatic nitrogens is 5. The van der Waals surface area contributed by atoms with Gasteiger partial charge in [-0.05, 0) is 12.8 Å². The number of primary amides is 1. The number of hydrogen-bond acceptors (Lipinski definition) is 13. The molecular formula is C27H29N9O5S. The normalized spacial score (nSPS) is 19.5. The van der Waals surface area contributed by atoms with Gasteiger partial charge in [-0.15, -0.1) is 11.3 Å². The molecule has 14 nitrogen and oxygen atoms in total. The summed E-state index contributed by atoms with van der Waals surface area (Å²) in [7, 11) is 0. The molecule has 2 atom stereocenters. The van der Waals surface area contributed by atoms with Gasteiger partial charge in [0.1, 0.15) is 23.2 Å². The first kappa shape index (κ1) is 26.6. The zero-order valence-corrected chi connectivity index (χ0v) is 23.4. The Kier molecular flexibility index (Phi) is 6.84. The fourth-order valence-electron chi connectivity index (χ4n) is 5.60. The molecule has 5 aromatic heterocycles. The summed E-state index contributed by atoms with van der Waals surface area (Å²) in [6.45, 7) is 2.36. The Labute approximate surface area is 242 Å². The van der Waals surface area contributed by atoms with Crippen molar-refractivity contribution in [3.63, 3.8) is 0 Å². The Morgan fingerprint density at radius 2 is 2.00 bits per heavy atom. The maximum absolute atomic E-state index is 12.8. The molecule has 0 aromatic carbocycles. The van der Waals surface area contributed by atoms with Crippen LogP contribution in [0.2, 0.25) is 0 Å². The minimum atomic E-state index is -0.653. The van der Waals surface area contributed by atoms with Crippen molar-refractivity contribution in [3.8, 4) is 10.6 Å². The highest BCUT2D eigenvalue weighted by atomic mass is 32.1. The van der Waals surface area contributed by atoms with Gasteiger partial charge in [-0.2, -0.15) is 9.61 Å². The summed E-state index contributed by atoms with van der Waals surface area (Å²) >= 11 is 1.38. The predicted octanol–water partition coefficient (Wildman–Crippen LogP) is 2.16. The number of fused-ring (bicyclic) bond motifs is 2. The van der Waals surface area contributed by atoms with E-state index in [1.54, 1.807) is 6.20 Å². The van der Waals surface area contributed by atoms with E-state index in [0.717, 1.165) is 30.6 Å². The number of furan rings is 1. The van der Waals surface area contributed by atoms with Crippen LogP contribution < -0.4 is 27.1 Å². The van der Waals surface area contributed by atoms with E-state index >= 15 is 0 Å². The molecule has 42 heavy (non-hydrogen) atoms. The first-order valence-electron chi connectivity index (χ1n) is 13.8. The minimum Gasteiger partial charge on any atom is -0.456 e. The number of carbonyl (C=O) groups is 1. The number of amides is 1. The molecule has 0 bridgehead atoms. The predicted molar refractivity (Wildman–Crippen MR) is 155 cm³/mol. The molecule has 0 unspecified atom stereocenters. The molecule has 5 aromatic rings. The Morgan fingerprint density at radius 3 is 2.81 bits per heavy atom. The summed E-state index contributed by atoms with van der Waals surface area (Å²) in [4.78, 5) is 41.9. The molecule has 218 valence electrons. The lowest BCUT2D eigenvalue weighted by Gasteiger charge is -2.29. The smallest absolute Gasteiger partial charge is 0.254 e. The monoisotopic (exact) mass is 591 g/mol. The topological polar surface area (TPSA) is 193 Å². The number of nitrogens with zero attached hydrogens (tertiary/aromatic N) is 6. The lowest BCUT2D eigenvalue weighted by atomic mass is 9.91. The zero-order valence-electron chi connectivity index (χ0n) is 22.6. The molecular weight excluding hydrogens is 562 g/mol. The molecule has 1 saturated heterocycles. The maximum atomic E-state index is 12.8. The van der Waals surface area contributed by atoms with E-state index in [1.807, 2.05) is 4.90 Å². The fourth-order valence-corrected chi connectivity index (χ4v) is 6.52. The quantitative estimate of drug-likeness (QED) is 0.250. The summed E-state index contributed by atoms with van der Waals surface area (Å²) in [5, 5.41) is 8.31. The number of anilines is 2. The maximum Gasteiger partial charge on any atom is 0.254 e. The number of rotatable bonds is 7. The highest BCUT2D eigenvalue weighted by molar-refractivity contribution is 7.15. The zero-order chi connectivity index (χ0) is 28.8. The lowest BCUT2D eigenvalue weighted by molar-refractivity contribution is 0.1000. The van der Waals surface area contributed by atoms with Crippen LogP contribution in [0.3, 0.4) is 0 Å². The van der Waals surface area contributed by atoms with Crippen LogP contribution in [-0.2, 0) is 11.2 Å². The van der Waals surface area contributed by atoms with E-state index in [2.05, 4.69) is 20.4 Å². The van der Waals surface area contributed by atoms with Gasteiger partial charge in [0.05, 0.1) is 30.5 Å². The van der Waals surface area contributed by atoms with E-state index in [0.29, 0.717) is 65.6 Å². The first-order chi connectivity index (χ1) is 20.5. The number of morpholine rings is 1. The number of thiazole rings is 1. The second kappa shape index (κ2) is 10.8. The molecule has 0 radical (unpaired) electrons. The molecule has 1 saturated carbocycles. The number of nitrogens with one attached hydrogen (secondary N) is 1. The van der Waals surface area contributed by atoms with E-state index < -0.39 is 5.91 Å². The van der Waals surface area contributed by atoms with E-state index in [-0.39, 0.29) is 35.1 Å². The van der Waals surface area contributed by atoms with E-state index in [1.165, 1.54) is 34.5 Å². The van der Waals surface area contributed by atoms with Crippen molar-refractivity contribution >= 4 is 45.9 Å². The van der Waals surface area contributed by atoms with Crippen molar-refractivity contribution in [2.24, 2.45) is 11.5 Å².